The Morgan fingerprint density at radius 1 is 1.13 bits per heavy atom. The number of nitrogens with zero attached hydrogens (tertiary/aromatic N) is 4. The van der Waals surface area contributed by atoms with E-state index in [1.165, 1.54) is 35.7 Å². The lowest BCUT2D eigenvalue weighted by Gasteiger charge is -2.19. The summed E-state index contributed by atoms with van der Waals surface area (Å²) in [6, 6.07) is 7.43. The number of likely N-dealkylation sites (N-methyl/N-ethyl adjacent to an activating group) is 1. The first-order valence-corrected chi connectivity index (χ1v) is 12.9. The molecule has 0 bridgehead atoms. The van der Waals surface area contributed by atoms with Crippen molar-refractivity contribution >= 4 is 34.0 Å². The predicted octanol–water partition coefficient (Wildman–Crippen LogP) is 4.45. The smallest absolute Gasteiger partial charge is 0.484 e. The molecule has 0 saturated heterocycles. The van der Waals surface area contributed by atoms with Gasteiger partial charge in [-0.15, -0.1) is 0 Å². The van der Waals surface area contributed by atoms with Gasteiger partial charge in [-0.1, -0.05) is 19.1 Å². The van der Waals surface area contributed by atoms with E-state index >= 15 is 0 Å². The van der Waals surface area contributed by atoms with Crippen molar-refractivity contribution in [2.24, 2.45) is 0 Å². The van der Waals surface area contributed by atoms with Crippen LogP contribution < -0.4 is 4.74 Å². The standard InChI is InChI=1S/C24H27F3N4O6S/c1-4-12-35-23(33)36-13-11-30(3)22(32)31-19-8-6-5-7-17(19)29-21(31)38(34)14-18-16(2)20(9-10-28-18)37-15-24(25,26)27/h5-10H,4,11-15H2,1-3H3/t38-/m1/s1. The molecule has 0 aliphatic heterocycles. The van der Waals surface area contributed by atoms with Gasteiger partial charge in [-0.2, -0.15) is 13.2 Å². The number of pyridine rings is 1. The fourth-order valence-corrected chi connectivity index (χ4v) is 4.56. The normalized spacial score (nSPS) is 12.3. The Kier molecular flexibility index (Phi) is 9.66. The minimum Gasteiger partial charge on any atom is -0.484 e. The number of amides is 1. The number of imidazole rings is 1. The fourth-order valence-electron chi connectivity index (χ4n) is 3.31. The van der Waals surface area contributed by atoms with Crippen molar-refractivity contribution in [3.63, 3.8) is 0 Å². The fraction of sp³-hybridized carbons (Fsp3) is 0.417. The van der Waals surface area contributed by atoms with E-state index < -0.39 is 35.8 Å². The van der Waals surface area contributed by atoms with Crippen LogP contribution in [0.5, 0.6) is 5.75 Å². The Balaban J connectivity index is 1.81. The molecule has 1 aromatic carbocycles. The molecule has 1 atom stereocenters. The summed E-state index contributed by atoms with van der Waals surface area (Å²) in [6.07, 6.45) is -3.46. The number of alkyl halides is 3. The highest BCUT2D eigenvalue weighted by Crippen LogP contribution is 2.26. The lowest BCUT2D eigenvalue weighted by atomic mass is 10.2. The van der Waals surface area contributed by atoms with Crippen LogP contribution in [0.3, 0.4) is 0 Å². The molecule has 38 heavy (non-hydrogen) atoms. The third kappa shape index (κ3) is 7.43. The van der Waals surface area contributed by atoms with Crippen molar-refractivity contribution in [3.8, 4) is 5.75 Å². The second kappa shape index (κ2) is 12.7. The van der Waals surface area contributed by atoms with Gasteiger partial charge in [-0.05, 0) is 31.5 Å². The zero-order valence-electron chi connectivity index (χ0n) is 21.0. The Hall–Kier alpha value is -3.68. The maximum absolute atomic E-state index is 13.4. The molecule has 0 saturated carbocycles. The number of benzene rings is 1. The number of para-hydroxylation sites is 2. The molecule has 3 rings (SSSR count). The summed E-state index contributed by atoms with van der Waals surface area (Å²) in [5, 5.41) is -0.0610. The van der Waals surface area contributed by atoms with Crippen LogP contribution in [0.25, 0.3) is 11.0 Å². The number of hydrogen-bond acceptors (Lipinski definition) is 8. The SMILES string of the molecule is CCCOC(=O)OCCN(C)C(=O)n1c([S@](=O)Cc2nccc(OCC(F)(F)F)c2C)nc2ccccc21. The Bertz CT molecular complexity index is 1310. The highest BCUT2D eigenvalue weighted by molar-refractivity contribution is 7.84. The zero-order valence-corrected chi connectivity index (χ0v) is 21.8. The molecule has 0 radical (unpaired) electrons. The molecule has 3 aromatic rings. The summed E-state index contributed by atoms with van der Waals surface area (Å²) in [7, 11) is -0.430. The second-order valence-electron chi connectivity index (χ2n) is 8.14. The van der Waals surface area contributed by atoms with Gasteiger partial charge in [-0.25, -0.2) is 19.1 Å². The molecule has 0 spiro atoms. The van der Waals surface area contributed by atoms with Crippen molar-refractivity contribution in [1.29, 1.82) is 0 Å². The van der Waals surface area contributed by atoms with Crippen LogP contribution in [0.4, 0.5) is 22.8 Å². The topological polar surface area (TPSA) is 113 Å². The average molecular weight is 557 g/mol. The minimum atomic E-state index is -4.52. The molecule has 0 N–H and O–H groups in total. The van der Waals surface area contributed by atoms with E-state index in [0.29, 0.717) is 23.0 Å². The van der Waals surface area contributed by atoms with E-state index in [9.17, 15) is 27.0 Å². The number of fused-ring (bicyclic) bond motifs is 1. The molecule has 1 amide bonds. The summed E-state index contributed by atoms with van der Waals surface area (Å²) < 4.78 is 67.0. The van der Waals surface area contributed by atoms with Crippen molar-refractivity contribution < 1.29 is 41.2 Å². The van der Waals surface area contributed by atoms with Crippen molar-refractivity contribution in [1.82, 2.24) is 19.4 Å². The maximum atomic E-state index is 13.4. The molecule has 10 nitrogen and oxygen atoms in total. The second-order valence-corrected chi connectivity index (χ2v) is 9.49. The van der Waals surface area contributed by atoms with Crippen LogP contribution in [-0.2, 0) is 26.0 Å². The number of ether oxygens (including phenoxy) is 3. The van der Waals surface area contributed by atoms with Crippen LogP contribution in [0, 0.1) is 6.92 Å². The third-order valence-electron chi connectivity index (χ3n) is 5.24. The molecule has 0 aliphatic rings. The van der Waals surface area contributed by atoms with Crippen LogP contribution in [0.1, 0.15) is 24.6 Å². The average Bonchev–Trinajstić information content (AvgIpc) is 3.26. The van der Waals surface area contributed by atoms with Crippen molar-refractivity contribution in [2.75, 3.05) is 33.4 Å². The first-order valence-electron chi connectivity index (χ1n) is 11.6. The highest BCUT2D eigenvalue weighted by Gasteiger charge is 2.29. The number of aromatic nitrogens is 3. The van der Waals surface area contributed by atoms with Crippen LogP contribution in [0.15, 0.2) is 41.7 Å². The van der Waals surface area contributed by atoms with Gasteiger partial charge in [0.05, 0.1) is 46.4 Å². The van der Waals surface area contributed by atoms with E-state index in [1.54, 1.807) is 24.3 Å². The van der Waals surface area contributed by atoms with E-state index in [2.05, 4.69) is 9.97 Å². The summed E-state index contributed by atoms with van der Waals surface area (Å²) >= 11 is 0. The monoisotopic (exact) mass is 556 g/mol. The first kappa shape index (κ1) is 28.9. The molecule has 14 heteroatoms. The molecular formula is C24H27F3N4O6S. The maximum Gasteiger partial charge on any atom is 0.508 e. The molecule has 2 heterocycles. The molecule has 2 aromatic heterocycles. The van der Waals surface area contributed by atoms with Gasteiger partial charge >= 0.3 is 18.4 Å². The van der Waals surface area contributed by atoms with E-state index in [1.807, 2.05) is 6.92 Å². The summed E-state index contributed by atoms with van der Waals surface area (Å²) in [4.78, 5) is 34.7. The van der Waals surface area contributed by atoms with Crippen LogP contribution in [-0.4, -0.2) is 75.4 Å². The predicted molar refractivity (Wildman–Crippen MR) is 131 cm³/mol. The van der Waals surface area contributed by atoms with Gasteiger partial charge in [0.15, 0.2) is 6.61 Å². The Labute approximate surface area is 219 Å². The van der Waals surface area contributed by atoms with Gasteiger partial charge in [0, 0.05) is 18.8 Å². The van der Waals surface area contributed by atoms with Gasteiger partial charge in [0.2, 0.25) is 5.16 Å². The summed E-state index contributed by atoms with van der Waals surface area (Å²) in [6.45, 7) is 2.00. The largest absolute Gasteiger partial charge is 0.508 e. The Morgan fingerprint density at radius 3 is 2.55 bits per heavy atom. The molecular weight excluding hydrogens is 529 g/mol. The molecule has 0 aliphatic carbocycles. The minimum absolute atomic E-state index is 0.0257. The van der Waals surface area contributed by atoms with E-state index in [-0.39, 0.29) is 42.1 Å². The Morgan fingerprint density at radius 2 is 1.84 bits per heavy atom. The zero-order chi connectivity index (χ0) is 27.9. The number of carbonyl (C=O) groups is 2. The highest BCUT2D eigenvalue weighted by atomic mass is 32.2. The van der Waals surface area contributed by atoms with Gasteiger partial charge in [0.25, 0.3) is 0 Å². The van der Waals surface area contributed by atoms with Gasteiger partial charge in [0.1, 0.15) is 12.4 Å². The van der Waals surface area contributed by atoms with Gasteiger partial charge < -0.3 is 19.1 Å². The summed E-state index contributed by atoms with van der Waals surface area (Å²) in [5.41, 5.74) is 1.36. The van der Waals surface area contributed by atoms with Crippen molar-refractivity contribution in [2.45, 2.75) is 37.4 Å². The van der Waals surface area contributed by atoms with Crippen molar-refractivity contribution in [3.05, 3.63) is 47.8 Å². The van der Waals surface area contributed by atoms with E-state index in [0.717, 1.165) is 0 Å². The van der Waals surface area contributed by atoms with E-state index in [4.69, 9.17) is 14.2 Å². The van der Waals surface area contributed by atoms with Crippen LogP contribution >= 0.6 is 0 Å². The molecule has 206 valence electrons. The first-order chi connectivity index (χ1) is 18.0. The third-order valence-corrected chi connectivity index (χ3v) is 6.46. The molecule has 0 fully saturated rings. The number of carbonyl (C=O) groups excluding carboxylic acids is 2. The lowest BCUT2D eigenvalue weighted by molar-refractivity contribution is -0.153. The van der Waals surface area contributed by atoms with Crippen LogP contribution in [0.2, 0.25) is 0 Å². The number of halogens is 3. The summed E-state index contributed by atoms with van der Waals surface area (Å²) in [5.74, 6) is -0.257. The molecule has 0 unspecified atom stereocenters. The lowest BCUT2D eigenvalue weighted by Crippen LogP contribution is -2.35. The number of rotatable bonds is 10. The van der Waals surface area contributed by atoms with Gasteiger partial charge in [-0.3, -0.25) is 9.19 Å². The quantitative estimate of drug-likeness (QED) is 0.337. The number of hydrogen-bond donors (Lipinski definition) is 0.